The van der Waals surface area contributed by atoms with E-state index in [1.54, 1.807) is 33.5 Å². The Labute approximate surface area is 200 Å². The summed E-state index contributed by atoms with van der Waals surface area (Å²) in [6.07, 6.45) is 1.02. The maximum atomic E-state index is 12.9. The Morgan fingerprint density at radius 3 is 2.09 bits per heavy atom. The van der Waals surface area contributed by atoms with E-state index in [-0.39, 0.29) is 24.1 Å². The Balaban J connectivity index is 0.00000385. The number of rotatable bonds is 10. The highest BCUT2D eigenvalue weighted by atomic mass is 35.5. The predicted octanol–water partition coefficient (Wildman–Crippen LogP) is 3.43. The molecule has 3 rings (SSSR count). The molecular weight excluding hydrogens is 451 g/mol. The van der Waals surface area contributed by atoms with Crippen LogP contribution in [0.15, 0.2) is 36.4 Å². The summed E-state index contributed by atoms with van der Waals surface area (Å²) in [5.74, 6) is 2.25. The van der Waals surface area contributed by atoms with Crippen molar-refractivity contribution < 1.29 is 28.1 Å². The zero-order valence-corrected chi connectivity index (χ0v) is 20.2. The number of aryl methyl sites for hydroxylation is 1. The average Bonchev–Trinajstić information content (AvgIpc) is 2.83. The molecular formula is C24H32ClFN2O5. The minimum atomic E-state index is -0.275. The van der Waals surface area contributed by atoms with Gasteiger partial charge in [-0.25, -0.2) is 4.39 Å². The molecule has 0 unspecified atom stereocenters. The Morgan fingerprint density at radius 1 is 0.939 bits per heavy atom. The van der Waals surface area contributed by atoms with Crippen molar-refractivity contribution in [3.63, 3.8) is 0 Å². The molecule has 0 bridgehead atoms. The van der Waals surface area contributed by atoms with Gasteiger partial charge in [-0.15, -0.1) is 12.4 Å². The molecule has 0 aromatic heterocycles. The van der Waals surface area contributed by atoms with Crippen molar-refractivity contribution in [3.05, 3.63) is 47.8 Å². The van der Waals surface area contributed by atoms with E-state index in [4.69, 9.17) is 18.9 Å². The fourth-order valence-corrected chi connectivity index (χ4v) is 3.73. The Kier molecular flexibility index (Phi) is 10.5. The zero-order chi connectivity index (χ0) is 22.9. The van der Waals surface area contributed by atoms with Crippen molar-refractivity contribution in [3.8, 4) is 23.0 Å². The lowest BCUT2D eigenvalue weighted by atomic mass is 10.1. The van der Waals surface area contributed by atoms with Crippen LogP contribution in [0.2, 0.25) is 0 Å². The number of amides is 1. The number of methoxy groups -OCH3 is 3. The quantitative estimate of drug-likeness (QED) is 0.517. The van der Waals surface area contributed by atoms with Crippen LogP contribution >= 0.6 is 12.4 Å². The van der Waals surface area contributed by atoms with Crippen LogP contribution in [0.5, 0.6) is 23.0 Å². The fraction of sp³-hybridized carbons (Fsp3) is 0.458. The van der Waals surface area contributed by atoms with E-state index in [0.29, 0.717) is 55.5 Å². The molecule has 0 spiro atoms. The van der Waals surface area contributed by atoms with E-state index < -0.39 is 0 Å². The van der Waals surface area contributed by atoms with Crippen molar-refractivity contribution in [1.82, 2.24) is 9.80 Å². The number of carbonyl (C=O) groups excluding carboxylic acids is 1. The Hall–Kier alpha value is -2.71. The second-order valence-electron chi connectivity index (χ2n) is 7.56. The highest BCUT2D eigenvalue weighted by Gasteiger charge is 2.21. The SMILES string of the molecule is COc1cc(CCC(=O)N2CCN(CCOc3ccc(F)cc3)CC2)cc(OC)c1OC.Cl. The number of benzene rings is 2. The molecule has 2 aromatic rings. The number of piperazine rings is 1. The van der Waals surface area contributed by atoms with Crippen molar-refractivity contribution in [2.75, 3.05) is 60.7 Å². The van der Waals surface area contributed by atoms with Gasteiger partial charge in [0.25, 0.3) is 0 Å². The summed E-state index contributed by atoms with van der Waals surface area (Å²) in [4.78, 5) is 16.9. The molecule has 1 fully saturated rings. The summed E-state index contributed by atoms with van der Waals surface area (Å²) < 4.78 is 34.7. The van der Waals surface area contributed by atoms with Crippen LogP contribution in [0.3, 0.4) is 0 Å². The van der Waals surface area contributed by atoms with E-state index >= 15 is 0 Å². The molecule has 1 aliphatic rings. The minimum absolute atomic E-state index is 0. The first-order chi connectivity index (χ1) is 15.5. The highest BCUT2D eigenvalue weighted by molar-refractivity contribution is 5.85. The van der Waals surface area contributed by atoms with Crippen LogP contribution in [0, 0.1) is 5.82 Å². The number of ether oxygens (including phenoxy) is 4. The molecule has 1 heterocycles. The smallest absolute Gasteiger partial charge is 0.222 e. The molecule has 9 heteroatoms. The average molecular weight is 483 g/mol. The summed E-state index contributed by atoms with van der Waals surface area (Å²) in [6.45, 7) is 4.31. The van der Waals surface area contributed by atoms with Gasteiger partial charge in [0.1, 0.15) is 18.2 Å². The van der Waals surface area contributed by atoms with Crippen molar-refractivity contribution >= 4 is 18.3 Å². The molecule has 0 atom stereocenters. The maximum absolute atomic E-state index is 12.9. The molecule has 0 radical (unpaired) electrons. The number of nitrogens with zero attached hydrogens (tertiary/aromatic N) is 2. The van der Waals surface area contributed by atoms with E-state index in [2.05, 4.69) is 4.90 Å². The second-order valence-corrected chi connectivity index (χ2v) is 7.56. The van der Waals surface area contributed by atoms with Gasteiger partial charge in [0.15, 0.2) is 11.5 Å². The standard InChI is InChI=1S/C24H31FN2O5.ClH/c1-29-21-16-18(17-22(30-2)24(21)31-3)4-9-23(28)27-12-10-26(11-13-27)14-15-32-20-7-5-19(25)6-8-20;/h5-8,16-17H,4,9-15H2,1-3H3;1H. The summed E-state index contributed by atoms with van der Waals surface area (Å²) in [6, 6.07) is 9.79. The second kappa shape index (κ2) is 13.1. The van der Waals surface area contributed by atoms with Crippen molar-refractivity contribution in [2.24, 2.45) is 0 Å². The van der Waals surface area contributed by atoms with Gasteiger partial charge in [-0.1, -0.05) is 0 Å². The molecule has 0 aliphatic carbocycles. The van der Waals surface area contributed by atoms with Gasteiger partial charge < -0.3 is 23.8 Å². The summed E-state index contributed by atoms with van der Waals surface area (Å²) in [7, 11) is 4.73. The first-order valence-electron chi connectivity index (χ1n) is 10.7. The zero-order valence-electron chi connectivity index (χ0n) is 19.3. The van der Waals surface area contributed by atoms with Gasteiger partial charge >= 0.3 is 0 Å². The van der Waals surface area contributed by atoms with Gasteiger partial charge in [-0.3, -0.25) is 9.69 Å². The molecule has 182 valence electrons. The minimum Gasteiger partial charge on any atom is -0.493 e. The molecule has 0 N–H and O–H groups in total. The van der Waals surface area contributed by atoms with Crippen LogP contribution in [-0.4, -0.2) is 76.4 Å². The Morgan fingerprint density at radius 2 is 1.55 bits per heavy atom. The van der Waals surface area contributed by atoms with Crippen molar-refractivity contribution in [1.29, 1.82) is 0 Å². The van der Waals surface area contributed by atoms with Gasteiger partial charge in [0.2, 0.25) is 11.7 Å². The maximum Gasteiger partial charge on any atom is 0.222 e. The van der Waals surface area contributed by atoms with Crippen LogP contribution in [-0.2, 0) is 11.2 Å². The summed E-state index contributed by atoms with van der Waals surface area (Å²) in [5.41, 5.74) is 0.962. The normalized spacial score (nSPS) is 13.8. The molecule has 7 nitrogen and oxygen atoms in total. The third-order valence-corrected chi connectivity index (χ3v) is 5.57. The lowest BCUT2D eigenvalue weighted by molar-refractivity contribution is -0.132. The molecule has 2 aromatic carbocycles. The summed E-state index contributed by atoms with van der Waals surface area (Å²) in [5, 5.41) is 0. The lowest BCUT2D eigenvalue weighted by Crippen LogP contribution is -2.49. The van der Waals surface area contributed by atoms with Crippen LogP contribution in [0.1, 0.15) is 12.0 Å². The molecule has 1 aliphatic heterocycles. The summed E-state index contributed by atoms with van der Waals surface area (Å²) >= 11 is 0. The predicted molar refractivity (Wildman–Crippen MR) is 127 cm³/mol. The van der Waals surface area contributed by atoms with E-state index in [0.717, 1.165) is 25.2 Å². The number of hydrogen-bond donors (Lipinski definition) is 0. The topological polar surface area (TPSA) is 60.5 Å². The van der Waals surface area contributed by atoms with Gasteiger partial charge in [-0.05, 0) is 48.4 Å². The largest absolute Gasteiger partial charge is 0.493 e. The molecule has 1 saturated heterocycles. The molecule has 1 amide bonds. The fourth-order valence-electron chi connectivity index (χ4n) is 3.73. The number of carbonyl (C=O) groups is 1. The van der Waals surface area contributed by atoms with Crippen LogP contribution in [0.4, 0.5) is 4.39 Å². The molecule has 0 saturated carbocycles. The lowest BCUT2D eigenvalue weighted by Gasteiger charge is -2.34. The van der Waals surface area contributed by atoms with Gasteiger partial charge in [0, 0.05) is 39.1 Å². The van der Waals surface area contributed by atoms with E-state index in [9.17, 15) is 9.18 Å². The third-order valence-electron chi connectivity index (χ3n) is 5.57. The van der Waals surface area contributed by atoms with Gasteiger partial charge in [-0.2, -0.15) is 0 Å². The Bertz CT molecular complexity index is 864. The first kappa shape index (κ1) is 26.5. The number of hydrogen-bond acceptors (Lipinski definition) is 6. The highest BCUT2D eigenvalue weighted by Crippen LogP contribution is 2.38. The van der Waals surface area contributed by atoms with Crippen LogP contribution < -0.4 is 18.9 Å². The van der Waals surface area contributed by atoms with Crippen molar-refractivity contribution in [2.45, 2.75) is 12.8 Å². The first-order valence-corrected chi connectivity index (χ1v) is 10.7. The van der Waals surface area contributed by atoms with Crippen LogP contribution in [0.25, 0.3) is 0 Å². The number of halogens is 2. The van der Waals surface area contributed by atoms with E-state index in [1.165, 1.54) is 12.1 Å². The molecule has 33 heavy (non-hydrogen) atoms. The van der Waals surface area contributed by atoms with E-state index in [1.807, 2.05) is 17.0 Å². The third kappa shape index (κ3) is 7.40. The van der Waals surface area contributed by atoms with Gasteiger partial charge in [0.05, 0.1) is 21.3 Å². The monoisotopic (exact) mass is 482 g/mol.